The van der Waals surface area contributed by atoms with Crippen molar-refractivity contribution in [2.45, 2.75) is 44.9 Å². The highest BCUT2D eigenvalue weighted by atomic mass is 15.4. The SMILES string of the molecule is CN(CCCC[N+]1(C)CCCCC1)C(=N)NC(=N)N1CCCC1. The molecule has 3 N–H and O–H groups in total. The molecule has 132 valence electrons. The monoisotopic (exact) mass is 323 g/mol. The number of piperidine rings is 1. The minimum atomic E-state index is 0.347. The Hall–Kier alpha value is -1.30. The third-order valence-corrected chi connectivity index (χ3v) is 5.38. The summed E-state index contributed by atoms with van der Waals surface area (Å²) in [5.74, 6) is 0.728. The Kier molecular flexibility index (Phi) is 6.69. The smallest absolute Gasteiger partial charge is 0.197 e. The number of nitrogens with one attached hydrogen (secondary N) is 3. The van der Waals surface area contributed by atoms with Gasteiger partial charge in [0.1, 0.15) is 0 Å². The zero-order valence-electron chi connectivity index (χ0n) is 15.0. The first kappa shape index (κ1) is 18.0. The molecule has 0 saturated carbocycles. The Morgan fingerprint density at radius 2 is 1.70 bits per heavy atom. The average molecular weight is 324 g/mol. The van der Waals surface area contributed by atoms with Crippen LogP contribution in [0.2, 0.25) is 0 Å². The summed E-state index contributed by atoms with van der Waals surface area (Å²) in [5.41, 5.74) is 0. The van der Waals surface area contributed by atoms with Crippen LogP contribution in [0.1, 0.15) is 44.9 Å². The summed E-state index contributed by atoms with van der Waals surface area (Å²) in [6.07, 6.45) is 8.81. The average Bonchev–Trinajstić information content (AvgIpc) is 3.06. The number of hydrogen-bond donors (Lipinski definition) is 3. The summed E-state index contributed by atoms with van der Waals surface area (Å²) in [6, 6.07) is 0. The van der Waals surface area contributed by atoms with E-state index in [4.69, 9.17) is 10.8 Å². The lowest BCUT2D eigenvalue weighted by Crippen LogP contribution is -2.49. The second-order valence-electron chi connectivity index (χ2n) is 7.50. The number of rotatable bonds is 5. The number of quaternary nitrogens is 1. The van der Waals surface area contributed by atoms with E-state index in [1.54, 1.807) is 0 Å². The molecule has 0 aromatic heterocycles. The molecule has 0 amide bonds. The number of nitrogens with zero attached hydrogens (tertiary/aromatic N) is 3. The molecule has 23 heavy (non-hydrogen) atoms. The molecule has 6 heteroatoms. The molecule has 0 unspecified atom stereocenters. The summed E-state index contributed by atoms with van der Waals surface area (Å²) in [6.45, 7) is 6.70. The lowest BCUT2D eigenvalue weighted by molar-refractivity contribution is -0.914. The molecule has 2 aliphatic rings. The van der Waals surface area contributed by atoms with Crippen molar-refractivity contribution in [2.24, 2.45) is 0 Å². The maximum absolute atomic E-state index is 8.10. The first-order chi connectivity index (χ1) is 11.0. The molecule has 0 bridgehead atoms. The third kappa shape index (κ3) is 5.68. The molecule has 6 nitrogen and oxygen atoms in total. The Morgan fingerprint density at radius 1 is 1.04 bits per heavy atom. The van der Waals surface area contributed by atoms with E-state index in [1.807, 2.05) is 16.8 Å². The third-order valence-electron chi connectivity index (χ3n) is 5.38. The fourth-order valence-corrected chi connectivity index (χ4v) is 3.68. The van der Waals surface area contributed by atoms with Crippen molar-refractivity contribution in [3.05, 3.63) is 0 Å². The van der Waals surface area contributed by atoms with Crippen LogP contribution in [0.3, 0.4) is 0 Å². The molecular weight excluding hydrogens is 288 g/mol. The molecule has 0 aliphatic carbocycles. The van der Waals surface area contributed by atoms with Crippen molar-refractivity contribution in [1.29, 1.82) is 10.8 Å². The van der Waals surface area contributed by atoms with E-state index in [-0.39, 0.29) is 0 Å². The van der Waals surface area contributed by atoms with Gasteiger partial charge in [0.05, 0.1) is 26.7 Å². The molecular formula is C17H35N6+. The normalized spacial score (nSPS) is 20.3. The van der Waals surface area contributed by atoms with Gasteiger partial charge in [-0.05, 0) is 44.9 Å². The predicted octanol–water partition coefficient (Wildman–Crippen LogP) is 1.88. The minimum Gasteiger partial charge on any atom is -0.346 e. The quantitative estimate of drug-likeness (QED) is 0.313. The minimum absolute atomic E-state index is 0.347. The highest BCUT2D eigenvalue weighted by Gasteiger charge is 2.23. The first-order valence-electron chi connectivity index (χ1n) is 9.24. The Morgan fingerprint density at radius 3 is 2.35 bits per heavy atom. The van der Waals surface area contributed by atoms with E-state index in [2.05, 4.69) is 12.4 Å². The van der Waals surface area contributed by atoms with Gasteiger partial charge in [-0.3, -0.25) is 16.1 Å². The molecule has 0 aromatic carbocycles. The fraction of sp³-hybridized carbons (Fsp3) is 0.882. The number of likely N-dealkylation sites (tertiary alicyclic amines) is 2. The van der Waals surface area contributed by atoms with Crippen LogP contribution < -0.4 is 5.32 Å². The summed E-state index contributed by atoms with van der Waals surface area (Å²) in [5, 5.41) is 19.1. The van der Waals surface area contributed by atoms with Gasteiger partial charge < -0.3 is 14.3 Å². The van der Waals surface area contributed by atoms with Crippen molar-refractivity contribution in [1.82, 2.24) is 15.1 Å². The summed E-state index contributed by atoms with van der Waals surface area (Å²) < 4.78 is 1.24. The van der Waals surface area contributed by atoms with E-state index in [1.165, 1.54) is 49.8 Å². The van der Waals surface area contributed by atoms with E-state index in [0.717, 1.165) is 38.9 Å². The van der Waals surface area contributed by atoms with Gasteiger partial charge in [0.15, 0.2) is 11.9 Å². The number of hydrogen-bond acceptors (Lipinski definition) is 2. The van der Waals surface area contributed by atoms with E-state index in [0.29, 0.717) is 11.9 Å². The zero-order valence-corrected chi connectivity index (χ0v) is 15.0. The number of guanidine groups is 2. The van der Waals surface area contributed by atoms with Gasteiger partial charge in [-0.1, -0.05) is 0 Å². The predicted molar refractivity (Wildman–Crippen MR) is 95.9 cm³/mol. The highest BCUT2D eigenvalue weighted by Crippen LogP contribution is 2.17. The van der Waals surface area contributed by atoms with Gasteiger partial charge in [0.25, 0.3) is 0 Å². The molecule has 2 saturated heterocycles. The standard InChI is InChI=1S/C17H35N6/c1-21(16(18)20-17(19)22-11-4-5-12-22)10-6-9-15-23(2)13-7-3-8-14-23/h3-15H2,1-2H3,(H3,18,19,20)/q+1. The van der Waals surface area contributed by atoms with Crippen LogP contribution >= 0.6 is 0 Å². The Bertz CT molecular complexity index is 396. The maximum atomic E-state index is 8.10. The van der Waals surface area contributed by atoms with Crippen molar-refractivity contribution >= 4 is 11.9 Å². The molecule has 2 heterocycles. The van der Waals surface area contributed by atoms with Gasteiger partial charge >= 0.3 is 0 Å². The van der Waals surface area contributed by atoms with Crippen molar-refractivity contribution in [3.63, 3.8) is 0 Å². The molecule has 2 rings (SSSR count). The van der Waals surface area contributed by atoms with Crippen molar-refractivity contribution in [2.75, 3.05) is 53.4 Å². The molecule has 2 fully saturated rings. The Labute approximate surface area is 141 Å². The largest absolute Gasteiger partial charge is 0.346 e. The maximum Gasteiger partial charge on any atom is 0.197 e. The first-order valence-corrected chi connectivity index (χ1v) is 9.24. The fourth-order valence-electron chi connectivity index (χ4n) is 3.68. The highest BCUT2D eigenvalue weighted by molar-refractivity contribution is 5.95. The van der Waals surface area contributed by atoms with E-state index in [9.17, 15) is 0 Å². The van der Waals surface area contributed by atoms with Gasteiger partial charge in [-0.2, -0.15) is 0 Å². The van der Waals surface area contributed by atoms with Crippen LogP contribution in [0.25, 0.3) is 0 Å². The van der Waals surface area contributed by atoms with Gasteiger partial charge in [0, 0.05) is 26.7 Å². The lowest BCUT2D eigenvalue weighted by Gasteiger charge is -2.38. The van der Waals surface area contributed by atoms with Gasteiger partial charge in [-0.25, -0.2) is 0 Å². The number of unbranched alkanes of at least 4 members (excludes halogenated alkanes) is 1. The van der Waals surface area contributed by atoms with Crippen molar-refractivity contribution < 1.29 is 4.48 Å². The molecule has 2 aliphatic heterocycles. The summed E-state index contributed by atoms with van der Waals surface area (Å²) in [4.78, 5) is 3.95. The van der Waals surface area contributed by atoms with Crippen LogP contribution in [0.15, 0.2) is 0 Å². The van der Waals surface area contributed by atoms with Crippen LogP contribution in [0, 0.1) is 10.8 Å². The molecule has 0 spiro atoms. The second kappa shape index (κ2) is 8.52. The lowest BCUT2D eigenvalue weighted by atomic mass is 10.1. The zero-order chi connectivity index (χ0) is 16.7. The second-order valence-corrected chi connectivity index (χ2v) is 7.50. The molecule has 0 aromatic rings. The van der Waals surface area contributed by atoms with E-state index >= 15 is 0 Å². The molecule has 0 atom stereocenters. The van der Waals surface area contributed by atoms with Crippen LogP contribution in [0.5, 0.6) is 0 Å². The molecule has 0 radical (unpaired) electrons. The van der Waals surface area contributed by atoms with E-state index < -0.39 is 0 Å². The van der Waals surface area contributed by atoms with Gasteiger partial charge in [0.2, 0.25) is 0 Å². The van der Waals surface area contributed by atoms with Crippen LogP contribution in [-0.2, 0) is 0 Å². The van der Waals surface area contributed by atoms with Gasteiger partial charge in [-0.15, -0.1) is 0 Å². The summed E-state index contributed by atoms with van der Waals surface area (Å²) in [7, 11) is 4.34. The van der Waals surface area contributed by atoms with Crippen LogP contribution in [-0.4, -0.2) is 79.6 Å². The van der Waals surface area contributed by atoms with Crippen molar-refractivity contribution in [3.8, 4) is 0 Å². The van der Waals surface area contributed by atoms with Crippen LogP contribution in [0.4, 0.5) is 0 Å². The summed E-state index contributed by atoms with van der Waals surface area (Å²) >= 11 is 0. The topological polar surface area (TPSA) is 66.2 Å². The Balaban J connectivity index is 1.60.